The third-order valence-corrected chi connectivity index (χ3v) is 7.57. The number of carboxylic acids is 1. The van der Waals surface area contributed by atoms with Crippen LogP contribution in [0.1, 0.15) is 46.3 Å². The van der Waals surface area contributed by atoms with E-state index in [0.717, 1.165) is 6.07 Å². The lowest BCUT2D eigenvalue weighted by molar-refractivity contribution is -0.140. The van der Waals surface area contributed by atoms with Crippen LogP contribution in [0.4, 0.5) is 30.7 Å². The SMILES string of the molecule is Cc1cccc2c1-c1cc(c(F)c(C(F)(F)F)c1)[C@@H](CC(=O)O)NC(=O)[C@@H](n1cc(Cl)c(C(F)(F)F)cc1=O)c1cccc(c1)O2. The highest BCUT2D eigenvalue weighted by molar-refractivity contribution is 6.31. The molecule has 7 nitrogen and oxygen atoms in total. The summed E-state index contributed by atoms with van der Waals surface area (Å²) in [5, 5.41) is 10.9. The van der Waals surface area contributed by atoms with Crippen LogP contribution < -0.4 is 15.6 Å². The monoisotopic (exact) mass is 668 g/mol. The zero-order valence-electron chi connectivity index (χ0n) is 23.3. The van der Waals surface area contributed by atoms with E-state index in [2.05, 4.69) is 5.32 Å². The van der Waals surface area contributed by atoms with Crippen molar-refractivity contribution in [2.45, 2.75) is 37.8 Å². The van der Waals surface area contributed by atoms with E-state index in [1.807, 2.05) is 0 Å². The standard InChI is InChI=1S/C31H20ClF7N2O5/c1-14-4-2-7-23-26(14)16-9-18(27(33)20(10-16)31(37,38)39)22(12-25(43)44)40-29(45)28(15-5-3-6-17(8-15)46-23)41-13-21(32)19(11-24(41)42)30(34,35)36/h2-11,13,22,28H,12H2,1H3,(H,40,45)(H,43,44)/t22-,28+/m1/s1. The third kappa shape index (κ3) is 6.29. The van der Waals surface area contributed by atoms with Crippen molar-refractivity contribution >= 4 is 23.5 Å². The second-order valence-corrected chi connectivity index (χ2v) is 10.8. The second-order valence-electron chi connectivity index (χ2n) is 10.4. The summed E-state index contributed by atoms with van der Waals surface area (Å²) in [5.74, 6) is -4.76. The number of fused-ring (bicyclic) bond motifs is 6. The molecule has 240 valence electrons. The molecule has 0 fully saturated rings. The summed E-state index contributed by atoms with van der Waals surface area (Å²) in [6, 6.07) is 7.69. The normalized spacial score (nSPS) is 16.7. The molecule has 15 heteroatoms. The maximum Gasteiger partial charge on any atom is 0.419 e. The number of pyridine rings is 1. The van der Waals surface area contributed by atoms with E-state index in [0.29, 0.717) is 22.4 Å². The number of aliphatic carboxylic acids is 1. The Morgan fingerprint density at radius 2 is 1.65 bits per heavy atom. The van der Waals surface area contributed by atoms with E-state index in [-0.39, 0.29) is 34.3 Å². The quantitative estimate of drug-likeness (QED) is 0.218. The molecule has 0 aliphatic carbocycles. The smallest absolute Gasteiger partial charge is 0.419 e. The lowest BCUT2D eigenvalue weighted by Crippen LogP contribution is -2.40. The van der Waals surface area contributed by atoms with Gasteiger partial charge in [0, 0.05) is 23.4 Å². The number of aromatic nitrogens is 1. The first kappa shape index (κ1) is 32.5. The molecule has 2 N–H and O–H groups in total. The molecule has 0 radical (unpaired) electrons. The number of carbonyl (C=O) groups is 2. The first-order chi connectivity index (χ1) is 21.5. The van der Waals surface area contributed by atoms with Gasteiger partial charge in [0.25, 0.3) is 5.56 Å². The molecule has 1 aliphatic rings. The Balaban J connectivity index is 1.84. The number of alkyl halides is 6. The molecule has 1 aromatic heterocycles. The first-order valence-electron chi connectivity index (χ1n) is 13.2. The van der Waals surface area contributed by atoms with Crippen molar-refractivity contribution in [2.75, 3.05) is 0 Å². The van der Waals surface area contributed by atoms with Gasteiger partial charge < -0.3 is 15.2 Å². The van der Waals surface area contributed by atoms with E-state index in [1.54, 1.807) is 13.0 Å². The lowest BCUT2D eigenvalue weighted by Gasteiger charge is -2.26. The van der Waals surface area contributed by atoms with Gasteiger partial charge >= 0.3 is 18.3 Å². The van der Waals surface area contributed by atoms with Gasteiger partial charge in [-0.05, 0) is 53.9 Å². The Morgan fingerprint density at radius 1 is 0.978 bits per heavy atom. The minimum absolute atomic E-state index is 0.00226. The van der Waals surface area contributed by atoms with Crippen molar-refractivity contribution in [3.63, 3.8) is 0 Å². The van der Waals surface area contributed by atoms with Crippen LogP contribution in [0, 0.1) is 12.7 Å². The minimum Gasteiger partial charge on any atom is -0.481 e. The molecule has 0 unspecified atom stereocenters. The Bertz CT molecular complexity index is 1940. The number of amides is 1. The zero-order chi connectivity index (χ0) is 33.7. The Hall–Kier alpha value is -4.85. The molecule has 2 heterocycles. The van der Waals surface area contributed by atoms with Gasteiger partial charge in [0.1, 0.15) is 23.4 Å². The Kier molecular flexibility index (Phi) is 8.36. The number of nitrogens with zero attached hydrogens (tertiary/aromatic N) is 1. The largest absolute Gasteiger partial charge is 0.481 e. The predicted octanol–water partition coefficient (Wildman–Crippen LogP) is 7.68. The molecule has 0 saturated heterocycles. The van der Waals surface area contributed by atoms with Gasteiger partial charge in [0.15, 0.2) is 0 Å². The minimum atomic E-state index is -5.26. The van der Waals surface area contributed by atoms with Crippen LogP contribution in [-0.2, 0) is 21.9 Å². The van der Waals surface area contributed by atoms with Gasteiger partial charge in [-0.2, -0.15) is 26.3 Å². The number of nitrogens with one attached hydrogen (secondary N) is 1. The number of carboxylic acid groups (broad SMARTS) is 1. The maximum absolute atomic E-state index is 15.7. The number of rotatable bonds is 3. The van der Waals surface area contributed by atoms with Crippen molar-refractivity contribution < 1.29 is 50.2 Å². The number of hydrogen-bond donors (Lipinski definition) is 2. The zero-order valence-corrected chi connectivity index (χ0v) is 24.0. The summed E-state index contributed by atoms with van der Waals surface area (Å²) >= 11 is 5.86. The summed E-state index contributed by atoms with van der Waals surface area (Å²) in [4.78, 5) is 38.8. The Labute approximate surface area is 259 Å². The third-order valence-electron chi connectivity index (χ3n) is 7.27. The van der Waals surface area contributed by atoms with Crippen molar-refractivity contribution in [1.29, 1.82) is 0 Å². The second kappa shape index (κ2) is 11.8. The number of aryl methyl sites for hydroxylation is 1. The highest BCUT2D eigenvalue weighted by Crippen LogP contribution is 2.43. The van der Waals surface area contributed by atoms with Gasteiger partial charge in [-0.25, -0.2) is 4.39 Å². The molecular formula is C31H20ClF7N2O5. The molecular weight excluding hydrogens is 649 g/mol. The molecule has 1 amide bonds. The molecule has 1 aliphatic heterocycles. The molecule has 3 aromatic carbocycles. The number of halogens is 8. The van der Waals surface area contributed by atoms with Gasteiger partial charge in [0.2, 0.25) is 5.91 Å². The van der Waals surface area contributed by atoms with Crippen LogP contribution in [-0.4, -0.2) is 21.6 Å². The highest BCUT2D eigenvalue weighted by atomic mass is 35.5. The molecule has 4 aromatic rings. The average molecular weight is 669 g/mol. The number of ether oxygens (including phenoxy) is 1. The van der Waals surface area contributed by atoms with Crippen LogP contribution in [0.3, 0.4) is 0 Å². The van der Waals surface area contributed by atoms with Gasteiger partial charge in [-0.1, -0.05) is 35.9 Å². The van der Waals surface area contributed by atoms with Crippen LogP contribution in [0.15, 0.2) is 71.7 Å². The van der Waals surface area contributed by atoms with Crippen molar-refractivity contribution in [1.82, 2.24) is 9.88 Å². The van der Waals surface area contributed by atoms with Crippen molar-refractivity contribution in [3.8, 4) is 22.6 Å². The average Bonchev–Trinajstić information content (AvgIpc) is 2.93. The van der Waals surface area contributed by atoms with Gasteiger partial charge in [-0.15, -0.1) is 0 Å². The van der Waals surface area contributed by atoms with Crippen LogP contribution in [0.5, 0.6) is 11.5 Å². The molecule has 46 heavy (non-hydrogen) atoms. The molecule has 5 rings (SSSR count). The number of benzene rings is 3. The van der Waals surface area contributed by atoms with E-state index >= 15 is 4.39 Å². The fraction of sp³-hybridized carbons (Fsp3) is 0.194. The van der Waals surface area contributed by atoms with Crippen LogP contribution in [0.2, 0.25) is 5.02 Å². The van der Waals surface area contributed by atoms with E-state index < -0.39 is 75.8 Å². The Morgan fingerprint density at radius 3 is 2.30 bits per heavy atom. The van der Waals surface area contributed by atoms with Crippen LogP contribution >= 0.6 is 11.6 Å². The van der Waals surface area contributed by atoms with Gasteiger partial charge in [-0.3, -0.25) is 19.0 Å². The fourth-order valence-electron chi connectivity index (χ4n) is 5.27. The van der Waals surface area contributed by atoms with Crippen molar-refractivity contribution in [3.05, 3.63) is 116 Å². The summed E-state index contributed by atoms with van der Waals surface area (Å²) in [6.45, 7) is 1.56. The van der Waals surface area contributed by atoms with E-state index in [1.165, 1.54) is 36.4 Å². The van der Waals surface area contributed by atoms with Crippen LogP contribution in [0.25, 0.3) is 11.1 Å². The summed E-state index contributed by atoms with van der Waals surface area (Å²) in [5.41, 5.74) is -5.23. The summed E-state index contributed by atoms with van der Waals surface area (Å²) in [7, 11) is 0. The molecule has 0 spiro atoms. The molecule has 4 bridgehead atoms. The summed E-state index contributed by atoms with van der Waals surface area (Å²) in [6.07, 6.45) is -10.9. The maximum atomic E-state index is 15.7. The van der Waals surface area contributed by atoms with Gasteiger partial charge in [0.05, 0.1) is 28.6 Å². The van der Waals surface area contributed by atoms with E-state index in [4.69, 9.17) is 16.3 Å². The fourth-order valence-corrected chi connectivity index (χ4v) is 5.53. The predicted molar refractivity (Wildman–Crippen MR) is 150 cm³/mol. The number of hydrogen-bond acceptors (Lipinski definition) is 4. The number of carbonyl (C=O) groups excluding carboxylic acids is 1. The lowest BCUT2D eigenvalue weighted by atomic mass is 9.91. The summed E-state index contributed by atoms with van der Waals surface area (Å²) < 4.78 is 105. The molecule has 0 saturated carbocycles. The highest BCUT2D eigenvalue weighted by Gasteiger charge is 2.39. The first-order valence-corrected chi connectivity index (χ1v) is 13.6. The van der Waals surface area contributed by atoms with E-state index in [9.17, 15) is 45.8 Å². The van der Waals surface area contributed by atoms with Crippen molar-refractivity contribution in [2.24, 2.45) is 0 Å². The topological polar surface area (TPSA) is 97.6 Å². The molecule has 2 atom stereocenters.